The Morgan fingerprint density at radius 3 is 1.55 bits per heavy atom. The van der Waals surface area contributed by atoms with Gasteiger partial charge in [0.1, 0.15) is 5.78 Å². The lowest BCUT2D eigenvalue weighted by Crippen LogP contribution is -2.19. The molecule has 4 nitrogen and oxygen atoms in total. The van der Waals surface area contributed by atoms with Gasteiger partial charge in [-0.1, -0.05) is 0 Å². The van der Waals surface area contributed by atoms with Crippen LogP contribution < -0.4 is 5.32 Å². The van der Waals surface area contributed by atoms with Gasteiger partial charge in [-0.25, -0.2) is 0 Å². The van der Waals surface area contributed by atoms with Gasteiger partial charge in [-0.05, 0) is 13.8 Å². The predicted molar refractivity (Wildman–Crippen MR) is 38.6 cm³/mol. The maximum Gasteiger partial charge on any atom is 0.250 e. The number of nitrogens with one attached hydrogen (secondary N) is 1. The molecular formula is C7H9NO3. The first-order chi connectivity index (χ1) is 5.02. The van der Waals surface area contributed by atoms with Crippen molar-refractivity contribution in [1.29, 1.82) is 0 Å². The molecule has 60 valence electrons. The summed E-state index contributed by atoms with van der Waals surface area (Å²) in [5.74, 6) is -0.491. The molecule has 0 bridgehead atoms. The Bertz CT molecular complexity index is 198. The summed E-state index contributed by atoms with van der Waals surface area (Å²) in [4.78, 5) is 29.5. The largest absolute Gasteiger partial charge is 0.300 e. The van der Waals surface area contributed by atoms with Crippen molar-refractivity contribution < 1.29 is 14.4 Å². The van der Waals surface area contributed by atoms with Gasteiger partial charge in [0.2, 0.25) is 0 Å². The molecule has 1 N–H and O–H groups in total. The summed E-state index contributed by atoms with van der Waals surface area (Å²) < 4.78 is 0. The highest BCUT2D eigenvalue weighted by Gasteiger charge is 2.06. The highest BCUT2D eigenvalue weighted by Crippen LogP contribution is 1.82. The zero-order valence-electron chi connectivity index (χ0n) is 6.38. The van der Waals surface area contributed by atoms with Gasteiger partial charge >= 0.3 is 0 Å². The van der Waals surface area contributed by atoms with Crippen molar-refractivity contribution in [3.05, 3.63) is 12.2 Å². The van der Waals surface area contributed by atoms with Gasteiger partial charge in [-0.15, -0.1) is 0 Å². The maximum atomic E-state index is 10.0. The lowest BCUT2D eigenvalue weighted by atomic mass is 10.6. The summed E-state index contributed by atoms with van der Waals surface area (Å²) in [5, 5.41) is 2.03. The van der Waals surface area contributed by atoms with Crippen LogP contribution in [0.2, 0.25) is 0 Å². The highest BCUT2D eigenvalue weighted by molar-refractivity contribution is 6.12. The first kappa shape index (κ1) is 9.55. The fourth-order valence-electron chi connectivity index (χ4n) is 0.356. The molecule has 2 amide bonds. The number of ketones is 1. The van der Waals surface area contributed by atoms with Crippen LogP contribution in [-0.2, 0) is 14.4 Å². The molecule has 0 radical (unpaired) electrons. The van der Waals surface area contributed by atoms with Gasteiger partial charge in [-0.2, -0.15) is 0 Å². The number of imide groups is 1. The Morgan fingerprint density at radius 1 is 1.18 bits per heavy atom. The van der Waals surface area contributed by atoms with Crippen LogP contribution in [0.1, 0.15) is 13.8 Å². The third-order valence-electron chi connectivity index (χ3n) is 0.632. The molecule has 1 heterocycles. The zero-order chi connectivity index (χ0) is 8.85. The molecule has 4 heteroatoms. The predicted octanol–water partition coefficient (Wildman–Crippen LogP) is -0.206. The van der Waals surface area contributed by atoms with Crippen molar-refractivity contribution >= 4 is 17.6 Å². The standard InChI is InChI=1S/C4H3NO2.C3H6O/c6-3-1-2-4(7)5-3;1-3(2)4/h1-2H,(H,5,6,7);1-2H3. The van der Waals surface area contributed by atoms with E-state index in [9.17, 15) is 14.4 Å². The minimum atomic E-state index is -0.329. The number of amides is 2. The Morgan fingerprint density at radius 2 is 1.45 bits per heavy atom. The van der Waals surface area contributed by atoms with Crippen LogP contribution in [0.4, 0.5) is 0 Å². The van der Waals surface area contributed by atoms with E-state index in [4.69, 9.17) is 0 Å². The molecule has 0 saturated heterocycles. The molecule has 0 aliphatic carbocycles. The number of hydrogen-bond acceptors (Lipinski definition) is 3. The molecular weight excluding hydrogens is 146 g/mol. The van der Waals surface area contributed by atoms with Crippen LogP contribution in [0.15, 0.2) is 12.2 Å². The second-order valence-corrected chi connectivity index (χ2v) is 2.10. The normalized spacial score (nSPS) is 13.6. The summed E-state index contributed by atoms with van der Waals surface area (Å²) in [6, 6.07) is 0. The third kappa shape index (κ3) is 6.44. The molecule has 0 fully saturated rings. The highest BCUT2D eigenvalue weighted by atomic mass is 16.2. The molecule has 0 atom stereocenters. The summed E-state index contributed by atoms with van der Waals surface area (Å²) in [6.07, 6.45) is 2.39. The molecule has 11 heavy (non-hydrogen) atoms. The van der Waals surface area contributed by atoms with Crippen LogP contribution in [0, 0.1) is 0 Å². The van der Waals surface area contributed by atoms with E-state index in [1.165, 1.54) is 26.0 Å². The minimum absolute atomic E-state index is 0.167. The summed E-state index contributed by atoms with van der Waals surface area (Å²) >= 11 is 0. The van der Waals surface area contributed by atoms with E-state index < -0.39 is 0 Å². The smallest absolute Gasteiger partial charge is 0.250 e. The van der Waals surface area contributed by atoms with E-state index >= 15 is 0 Å². The third-order valence-corrected chi connectivity index (χ3v) is 0.632. The van der Waals surface area contributed by atoms with Gasteiger partial charge in [0.25, 0.3) is 11.8 Å². The molecule has 0 spiro atoms. The van der Waals surface area contributed by atoms with Crippen LogP contribution in [0.25, 0.3) is 0 Å². The first-order valence-corrected chi connectivity index (χ1v) is 3.02. The molecule has 1 rings (SSSR count). The first-order valence-electron chi connectivity index (χ1n) is 3.02. The molecule has 0 unspecified atom stereocenters. The maximum absolute atomic E-state index is 10.0. The molecule has 1 aliphatic heterocycles. The Balaban J connectivity index is 0.000000218. The lowest BCUT2D eigenvalue weighted by Gasteiger charge is -1.80. The zero-order valence-corrected chi connectivity index (χ0v) is 6.38. The van der Waals surface area contributed by atoms with Crippen LogP contribution in [0.3, 0.4) is 0 Å². The Kier molecular flexibility index (Phi) is 3.80. The number of hydrogen-bond donors (Lipinski definition) is 1. The van der Waals surface area contributed by atoms with Crippen molar-refractivity contribution in [1.82, 2.24) is 5.32 Å². The Labute approximate surface area is 64.3 Å². The van der Waals surface area contributed by atoms with Gasteiger partial charge in [-0.3, -0.25) is 14.9 Å². The second kappa shape index (κ2) is 4.38. The summed E-state index contributed by atoms with van der Waals surface area (Å²) in [5.41, 5.74) is 0. The van der Waals surface area contributed by atoms with Crippen LogP contribution in [0.5, 0.6) is 0 Å². The average molecular weight is 155 g/mol. The van der Waals surface area contributed by atoms with Gasteiger partial charge in [0.05, 0.1) is 0 Å². The van der Waals surface area contributed by atoms with Crippen molar-refractivity contribution in [2.45, 2.75) is 13.8 Å². The number of carbonyl (C=O) groups excluding carboxylic acids is 3. The van der Waals surface area contributed by atoms with Gasteiger partial charge < -0.3 is 4.79 Å². The number of Topliss-reactive ketones (excluding diaryl/α,β-unsaturated/α-hetero) is 1. The van der Waals surface area contributed by atoms with Crippen molar-refractivity contribution in [3.63, 3.8) is 0 Å². The second-order valence-electron chi connectivity index (χ2n) is 2.10. The summed E-state index contributed by atoms with van der Waals surface area (Å²) in [7, 11) is 0. The van der Waals surface area contributed by atoms with Crippen molar-refractivity contribution in [3.8, 4) is 0 Å². The van der Waals surface area contributed by atoms with Crippen molar-refractivity contribution in [2.24, 2.45) is 0 Å². The molecule has 0 aromatic heterocycles. The SMILES string of the molecule is CC(C)=O.O=C1C=CC(=O)N1. The molecule has 1 aliphatic rings. The van der Waals surface area contributed by atoms with Crippen LogP contribution in [-0.4, -0.2) is 17.6 Å². The van der Waals surface area contributed by atoms with E-state index in [0.717, 1.165) is 0 Å². The Hall–Kier alpha value is -1.45. The van der Waals surface area contributed by atoms with Gasteiger partial charge in [0, 0.05) is 12.2 Å². The topological polar surface area (TPSA) is 63.2 Å². The fourth-order valence-corrected chi connectivity index (χ4v) is 0.356. The average Bonchev–Trinajstić information content (AvgIpc) is 2.13. The molecule has 0 aromatic carbocycles. The monoisotopic (exact) mass is 155 g/mol. The van der Waals surface area contributed by atoms with E-state index in [1.807, 2.05) is 5.32 Å². The van der Waals surface area contributed by atoms with E-state index in [0.29, 0.717) is 0 Å². The minimum Gasteiger partial charge on any atom is -0.300 e. The fraction of sp³-hybridized carbons (Fsp3) is 0.286. The van der Waals surface area contributed by atoms with Gasteiger partial charge in [0.15, 0.2) is 0 Å². The van der Waals surface area contributed by atoms with E-state index in [1.54, 1.807) is 0 Å². The van der Waals surface area contributed by atoms with Crippen LogP contribution >= 0.6 is 0 Å². The number of rotatable bonds is 0. The van der Waals surface area contributed by atoms with E-state index in [-0.39, 0.29) is 17.6 Å². The van der Waals surface area contributed by atoms with E-state index in [2.05, 4.69) is 0 Å². The molecule has 0 saturated carbocycles. The van der Waals surface area contributed by atoms with Crippen molar-refractivity contribution in [2.75, 3.05) is 0 Å². The molecule has 0 aromatic rings. The lowest BCUT2D eigenvalue weighted by molar-refractivity contribution is -0.123. The summed E-state index contributed by atoms with van der Waals surface area (Å²) in [6.45, 7) is 3.06. The number of carbonyl (C=O) groups is 3. The quantitative estimate of drug-likeness (QED) is 0.492.